The molecule has 2 aromatic carbocycles. The third-order valence-electron chi connectivity index (χ3n) is 3.16. The Bertz CT molecular complexity index is 932. The van der Waals surface area contributed by atoms with E-state index in [1.54, 1.807) is 36.4 Å². The molecular formula is C16H12N4O3S. The molecule has 2 N–H and O–H groups in total. The molecule has 120 valence electrons. The van der Waals surface area contributed by atoms with Gasteiger partial charge in [0.25, 0.3) is 0 Å². The summed E-state index contributed by atoms with van der Waals surface area (Å²) < 4.78 is 13.1. The molecule has 24 heavy (non-hydrogen) atoms. The van der Waals surface area contributed by atoms with Crippen molar-refractivity contribution < 1.29 is 13.9 Å². The monoisotopic (exact) mass is 340 g/mol. The summed E-state index contributed by atoms with van der Waals surface area (Å²) in [6.07, 6.45) is 1.32. The maximum atomic E-state index is 12.1. The third kappa shape index (κ3) is 3.26. The molecule has 2 amide bonds. The Labute approximate surface area is 141 Å². The van der Waals surface area contributed by atoms with Crippen LogP contribution in [0, 0.1) is 11.3 Å². The molecule has 0 saturated carbocycles. The van der Waals surface area contributed by atoms with Crippen LogP contribution in [0.1, 0.15) is 5.56 Å². The number of carbonyl (C=O) groups excluding carboxylic acids is 1. The first kappa shape index (κ1) is 15.7. The van der Waals surface area contributed by atoms with Gasteiger partial charge in [-0.1, -0.05) is 6.07 Å². The molecule has 3 aromatic rings. The Kier molecular flexibility index (Phi) is 4.54. The second-order valence-electron chi connectivity index (χ2n) is 4.64. The lowest BCUT2D eigenvalue weighted by molar-refractivity contribution is 0.257. The number of aromatic nitrogens is 1. The van der Waals surface area contributed by atoms with Crippen LogP contribution < -0.4 is 14.8 Å². The van der Waals surface area contributed by atoms with Crippen molar-refractivity contribution in [2.45, 2.75) is 4.90 Å². The number of rotatable bonds is 4. The Hall–Kier alpha value is -3.18. The molecule has 3 rings (SSSR count). The molecule has 0 saturated heterocycles. The number of nitrogens with one attached hydrogen (secondary N) is 2. The van der Waals surface area contributed by atoms with Crippen LogP contribution in [0.2, 0.25) is 0 Å². The summed E-state index contributed by atoms with van der Waals surface area (Å²) in [6, 6.07) is 11.8. The quantitative estimate of drug-likeness (QED) is 0.705. The van der Waals surface area contributed by atoms with Gasteiger partial charge in [-0.3, -0.25) is 4.72 Å². The van der Waals surface area contributed by atoms with E-state index in [4.69, 9.17) is 14.4 Å². The number of nitrogens with zero attached hydrogens (tertiary/aromatic N) is 2. The van der Waals surface area contributed by atoms with Gasteiger partial charge in [0.2, 0.25) is 0 Å². The molecule has 8 heteroatoms. The van der Waals surface area contributed by atoms with Crippen molar-refractivity contribution >= 4 is 34.8 Å². The molecule has 0 radical (unpaired) electrons. The SMILES string of the molecule is COc1ccc(C#N)cc1SNC(=O)Nc1cccc2ocnc12. The maximum absolute atomic E-state index is 12.1. The standard InChI is InChI=1S/C16H12N4O3S/c1-22-12-6-5-10(8-17)7-14(12)24-20-16(21)19-11-3-2-4-13-15(11)18-9-23-13/h2-7,9H,1H3,(H2,19,20,21). The van der Waals surface area contributed by atoms with Crippen LogP contribution >= 0.6 is 11.9 Å². The topological polar surface area (TPSA) is 100 Å². The van der Waals surface area contributed by atoms with Gasteiger partial charge in [0, 0.05) is 0 Å². The molecule has 0 fully saturated rings. The predicted molar refractivity (Wildman–Crippen MR) is 89.7 cm³/mol. The predicted octanol–water partition coefficient (Wildman–Crippen LogP) is 3.54. The number of para-hydroxylation sites is 1. The van der Waals surface area contributed by atoms with E-state index in [2.05, 4.69) is 15.0 Å². The molecule has 0 atom stereocenters. The van der Waals surface area contributed by atoms with Gasteiger partial charge in [-0.2, -0.15) is 5.26 Å². The summed E-state index contributed by atoms with van der Waals surface area (Å²) in [7, 11) is 1.52. The first-order chi connectivity index (χ1) is 11.7. The molecule has 0 spiro atoms. The van der Waals surface area contributed by atoms with Crippen molar-refractivity contribution in [1.82, 2.24) is 9.71 Å². The summed E-state index contributed by atoms with van der Waals surface area (Å²) in [4.78, 5) is 16.8. The molecule has 0 aliphatic rings. The average Bonchev–Trinajstić information content (AvgIpc) is 3.09. The fourth-order valence-corrected chi connectivity index (χ4v) is 2.75. The number of benzene rings is 2. The van der Waals surface area contributed by atoms with Crippen LogP contribution in [0.4, 0.5) is 10.5 Å². The zero-order chi connectivity index (χ0) is 16.9. The summed E-state index contributed by atoms with van der Waals surface area (Å²) in [5, 5.41) is 11.7. The number of carbonyl (C=O) groups is 1. The minimum Gasteiger partial charge on any atom is -0.496 e. The van der Waals surface area contributed by atoms with Gasteiger partial charge in [0.15, 0.2) is 12.0 Å². The van der Waals surface area contributed by atoms with Crippen LogP contribution in [0.25, 0.3) is 11.1 Å². The number of fused-ring (bicyclic) bond motifs is 1. The highest BCUT2D eigenvalue weighted by molar-refractivity contribution is 7.98. The number of anilines is 1. The van der Waals surface area contributed by atoms with Crippen LogP contribution in [0.15, 0.2) is 52.1 Å². The molecular weight excluding hydrogens is 328 g/mol. The minimum absolute atomic E-state index is 0.431. The minimum atomic E-state index is -0.431. The second-order valence-corrected chi connectivity index (χ2v) is 5.49. The number of ether oxygens (including phenoxy) is 1. The number of hydrogen-bond donors (Lipinski definition) is 2. The zero-order valence-corrected chi connectivity index (χ0v) is 13.4. The molecule has 1 heterocycles. The first-order valence-corrected chi connectivity index (χ1v) is 7.67. The Balaban J connectivity index is 1.70. The molecule has 0 aliphatic carbocycles. The Morgan fingerprint density at radius 2 is 2.25 bits per heavy atom. The summed E-state index contributed by atoms with van der Waals surface area (Å²) in [5.41, 5.74) is 2.18. The van der Waals surface area contributed by atoms with Crippen molar-refractivity contribution in [1.29, 1.82) is 5.26 Å². The Morgan fingerprint density at radius 3 is 3.04 bits per heavy atom. The number of urea groups is 1. The van der Waals surface area contributed by atoms with Gasteiger partial charge < -0.3 is 14.5 Å². The molecule has 0 unspecified atom stereocenters. The van der Waals surface area contributed by atoms with Crippen LogP contribution in [0.3, 0.4) is 0 Å². The van der Waals surface area contributed by atoms with Crippen LogP contribution in [-0.2, 0) is 0 Å². The van der Waals surface area contributed by atoms with Crippen molar-refractivity contribution in [2.24, 2.45) is 0 Å². The van der Waals surface area contributed by atoms with Crippen molar-refractivity contribution in [2.75, 3.05) is 12.4 Å². The Morgan fingerprint density at radius 1 is 1.38 bits per heavy atom. The number of hydrogen-bond acceptors (Lipinski definition) is 6. The number of nitriles is 1. The average molecular weight is 340 g/mol. The lowest BCUT2D eigenvalue weighted by Crippen LogP contribution is -2.22. The van der Waals surface area contributed by atoms with E-state index in [0.717, 1.165) is 11.9 Å². The van der Waals surface area contributed by atoms with E-state index in [9.17, 15) is 4.79 Å². The van der Waals surface area contributed by atoms with Gasteiger partial charge in [0.1, 0.15) is 11.3 Å². The van der Waals surface area contributed by atoms with E-state index in [1.165, 1.54) is 13.5 Å². The zero-order valence-electron chi connectivity index (χ0n) is 12.6. The van der Waals surface area contributed by atoms with Crippen molar-refractivity contribution in [3.63, 3.8) is 0 Å². The summed E-state index contributed by atoms with van der Waals surface area (Å²) in [6.45, 7) is 0. The molecule has 0 aliphatic heterocycles. The summed E-state index contributed by atoms with van der Waals surface area (Å²) in [5.74, 6) is 0.568. The van der Waals surface area contributed by atoms with Gasteiger partial charge >= 0.3 is 6.03 Å². The third-order valence-corrected chi connectivity index (χ3v) is 3.98. The van der Waals surface area contributed by atoms with E-state index >= 15 is 0 Å². The molecule has 1 aromatic heterocycles. The van der Waals surface area contributed by atoms with E-state index in [0.29, 0.717) is 33.0 Å². The van der Waals surface area contributed by atoms with E-state index < -0.39 is 6.03 Å². The fourth-order valence-electron chi connectivity index (χ4n) is 2.06. The molecule has 7 nitrogen and oxygen atoms in total. The maximum Gasteiger partial charge on any atom is 0.329 e. The van der Waals surface area contributed by atoms with Crippen LogP contribution in [0.5, 0.6) is 5.75 Å². The number of methoxy groups -OCH3 is 1. The number of amides is 2. The second kappa shape index (κ2) is 6.93. The first-order valence-electron chi connectivity index (χ1n) is 6.85. The van der Waals surface area contributed by atoms with Crippen LogP contribution in [-0.4, -0.2) is 18.1 Å². The lowest BCUT2D eigenvalue weighted by Gasteiger charge is -2.10. The van der Waals surface area contributed by atoms with Gasteiger partial charge in [-0.15, -0.1) is 0 Å². The number of oxazole rings is 1. The van der Waals surface area contributed by atoms with Gasteiger partial charge in [0.05, 0.1) is 29.3 Å². The highest BCUT2D eigenvalue weighted by Crippen LogP contribution is 2.28. The summed E-state index contributed by atoms with van der Waals surface area (Å²) >= 11 is 1.05. The van der Waals surface area contributed by atoms with Crippen molar-refractivity contribution in [3.05, 3.63) is 48.4 Å². The van der Waals surface area contributed by atoms with Gasteiger partial charge in [-0.05, 0) is 42.3 Å². The highest BCUT2D eigenvalue weighted by Gasteiger charge is 2.11. The van der Waals surface area contributed by atoms with Crippen molar-refractivity contribution in [3.8, 4) is 11.8 Å². The smallest absolute Gasteiger partial charge is 0.329 e. The molecule has 0 bridgehead atoms. The van der Waals surface area contributed by atoms with E-state index in [1.807, 2.05) is 6.07 Å². The van der Waals surface area contributed by atoms with E-state index in [-0.39, 0.29) is 0 Å². The lowest BCUT2D eigenvalue weighted by atomic mass is 10.2. The normalized spacial score (nSPS) is 10.2. The highest BCUT2D eigenvalue weighted by atomic mass is 32.2. The van der Waals surface area contributed by atoms with Gasteiger partial charge in [-0.25, -0.2) is 9.78 Å². The fraction of sp³-hybridized carbons (Fsp3) is 0.0625. The largest absolute Gasteiger partial charge is 0.496 e.